The first kappa shape index (κ1) is 12.6. The van der Waals surface area contributed by atoms with Gasteiger partial charge in [0, 0.05) is 25.1 Å². The second kappa shape index (κ2) is 5.17. The van der Waals surface area contributed by atoms with E-state index in [-0.39, 0.29) is 0 Å². The average Bonchev–Trinajstić information content (AvgIpc) is 2.39. The van der Waals surface area contributed by atoms with Gasteiger partial charge in [-0.3, -0.25) is 0 Å². The first-order valence-corrected chi connectivity index (χ1v) is 6.24. The predicted molar refractivity (Wildman–Crippen MR) is 72.8 cm³/mol. The van der Waals surface area contributed by atoms with E-state index in [9.17, 15) is 0 Å². The second-order valence-electron chi connectivity index (χ2n) is 3.91. The summed E-state index contributed by atoms with van der Waals surface area (Å²) in [5.74, 6) is -0.642. The Hall–Kier alpha value is -0.900. The van der Waals surface area contributed by atoms with Crippen LogP contribution >= 0.6 is 15.9 Å². The number of hydrogen-bond donors (Lipinski definition) is 0. The Bertz CT molecular complexity index is 445. The summed E-state index contributed by atoms with van der Waals surface area (Å²) in [6.45, 7) is 0. The zero-order valence-corrected chi connectivity index (χ0v) is 11.5. The topological polar surface area (TPSA) is 18.5 Å². The number of ether oxygens (including phenoxy) is 2. The van der Waals surface area contributed by atoms with Gasteiger partial charge in [0.1, 0.15) is 0 Å². The number of halogens is 1. The number of hydrogen-bond acceptors (Lipinski definition) is 2. The Kier molecular flexibility index (Phi) is 3.82. The Morgan fingerprint density at radius 3 is 2.29 bits per heavy atom. The highest BCUT2D eigenvalue weighted by molar-refractivity contribution is 9.11. The van der Waals surface area contributed by atoms with Crippen LogP contribution in [-0.2, 0) is 9.47 Å². The van der Waals surface area contributed by atoms with E-state index in [0.29, 0.717) is 6.42 Å². The minimum atomic E-state index is -0.642. The summed E-state index contributed by atoms with van der Waals surface area (Å²) in [5.41, 5.74) is 2.37. The van der Waals surface area contributed by atoms with Crippen molar-refractivity contribution >= 4 is 21.5 Å². The molecule has 2 rings (SSSR count). The molecule has 1 aromatic carbocycles. The molecule has 17 heavy (non-hydrogen) atoms. The Morgan fingerprint density at radius 2 is 1.76 bits per heavy atom. The molecule has 0 unspecified atom stereocenters. The van der Waals surface area contributed by atoms with Crippen molar-refractivity contribution in [3.63, 3.8) is 0 Å². The van der Waals surface area contributed by atoms with E-state index < -0.39 is 5.79 Å². The van der Waals surface area contributed by atoms with Gasteiger partial charge in [-0.1, -0.05) is 52.3 Å². The number of methoxy groups -OCH3 is 2. The van der Waals surface area contributed by atoms with Gasteiger partial charge in [-0.15, -0.1) is 0 Å². The van der Waals surface area contributed by atoms with Gasteiger partial charge in [-0.2, -0.15) is 0 Å². The summed E-state index contributed by atoms with van der Waals surface area (Å²) in [6.07, 6.45) is 4.68. The van der Waals surface area contributed by atoms with E-state index in [1.165, 1.54) is 11.1 Å². The minimum absolute atomic E-state index is 0.642. The summed E-state index contributed by atoms with van der Waals surface area (Å²) in [7, 11) is 3.31. The summed E-state index contributed by atoms with van der Waals surface area (Å²) >= 11 is 3.62. The predicted octanol–water partition coefficient (Wildman–Crippen LogP) is 3.74. The molecule has 0 bridgehead atoms. The van der Waals surface area contributed by atoms with E-state index in [1.807, 2.05) is 30.4 Å². The molecule has 0 saturated heterocycles. The Balaban J connectivity index is 2.32. The normalized spacial score (nSPS) is 18.5. The molecule has 0 spiro atoms. The highest BCUT2D eigenvalue weighted by Gasteiger charge is 2.31. The molecule has 0 saturated carbocycles. The minimum Gasteiger partial charge on any atom is -0.349 e. The van der Waals surface area contributed by atoms with E-state index >= 15 is 0 Å². The van der Waals surface area contributed by atoms with Gasteiger partial charge in [-0.25, -0.2) is 0 Å². The molecule has 1 aliphatic carbocycles. The van der Waals surface area contributed by atoms with Crippen LogP contribution in [0.2, 0.25) is 0 Å². The smallest absolute Gasteiger partial charge is 0.192 e. The second-order valence-corrected chi connectivity index (χ2v) is 4.87. The van der Waals surface area contributed by atoms with Gasteiger partial charge in [0.15, 0.2) is 5.79 Å². The van der Waals surface area contributed by atoms with Crippen molar-refractivity contribution in [3.05, 3.63) is 52.5 Å². The maximum atomic E-state index is 5.41. The third kappa shape index (κ3) is 2.51. The Labute approximate surface area is 110 Å². The van der Waals surface area contributed by atoms with Crippen molar-refractivity contribution in [2.24, 2.45) is 0 Å². The summed E-state index contributed by atoms with van der Waals surface area (Å²) < 4.78 is 11.9. The van der Waals surface area contributed by atoms with Gasteiger partial charge in [-0.05, 0) is 17.2 Å². The summed E-state index contributed by atoms with van der Waals surface area (Å²) in [6, 6.07) is 10.3. The van der Waals surface area contributed by atoms with Crippen LogP contribution in [0.15, 0.2) is 47.0 Å². The lowest BCUT2D eigenvalue weighted by Gasteiger charge is -2.31. The molecule has 0 heterocycles. The fourth-order valence-electron chi connectivity index (χ4n) is 1.91. The first-order chi connectivity index (χ1) is 8.21. The van der Waals surface area contributed by atoms with Crippen LogP contribution in [0.3, 0.4) is 0 Å². The fourth-order valence-corrected chi connectivity index (χ4v) is 2.66. The molecule has 0 fully saturated rings. The van der Waals surface area contributed by atoms with Crippen molar-refractivity contribution in [2.45, 2.75) is 12.2 Å². The van der Waals surface area contributed by atoms with Crippen LogP contribution in [0.5, 0.6) is 0 Å². The van der Waals surface area contributed by atoms with Crippen molar-refractivity contribution in [1.82, 2.24) is 0 Å². The van der Waals surface area contributed by atoms with Gasteiger partial charge in [0.2, 0.25) is 0 Å². The summed E-state index contributed by atoms with van der Waals surface area (Å²) in [4.78, 5) is 0. The fraction of sp³-hybridized carbons (Fsp3) is 0.286. The molecular formula is C14H15BrO2. The van der Waals surface area contributed by atoms with Crippen LogP contribution in [0.4, 0.5) is 0 Å². The molecular weight excluding hydrogens is 280 g/mol. The highest BCUT2D eigenvalue weighted by atomic mass is 79.9. The number of allylic oxidation sites excluding steroid dienone is 2. The summed E-state index contributed by atoms with van der Waals surface area (Å²) in [5, 5.41) is 0. The molecule has 3 heteroatoms. The van der Waals surface area contributed by atoms with E-state index in [0.717, 1.165) is 4.48 Å². The molecule has 1 aliphatic rings. The molecule has 2 nitrogen and oxygen atoms in total. The van der Waals surface area contributed by atoms with Crippen LogP contribution in [-0.4, -0.2) is 20.0 Å². The molecule has 0 aromatic heterocycles. The maximum Gasteiger partial charge on any atom is 0.192 e. The van der Waals surface area contributed by atoms with Crippen LogP contribution < -0.4 is 0 Å². The van der Waals surface area contributed by atoms with Crippen LogP contribution in [0.25, 0.3) is 5.57 Å². The quantitative estimate of drug-likeness (QED) is 0.791. The molecule has 1 aromatic rings. The SMILES string of the molecule is COC1(OC)C=CC(c2ccccc2)=C(Br)C1. The zero-order chi connectivity index (χ0) is 12.3. The molecule has 0 amide bonds. The lowest BCUT2D eigenvalue weighted by atomic mass is 9.96. The average molecular weight is 295 g/mol. The molecule has 90 valence electrons. The Morgan fingerprint density at radius 1 is 1.12 bits per heavy atom. The zero-order valence-electron chi connectivity index (χ0n) is 9.94. The van der Waals surface area contributed by atoms with Gasteiger partial charge >= 0.3 is 0 Å². The van der Waals surface area contributed by atoms with Crippen molar-refractivity contribution in [1.29, 1.82) is 0 Å². The molecule has 0 atom stereocenters. The largest absolute Gasteiger partial charge is 0.349 e. The van der Waals surface area contributed by atoms with Crippen LogP contribution in [0.1, 0.15) is 12.0 Å². The number of benzene rings is 1. The monoisotopic (exact) mass is 294 g/mol. The van der Waals surface area contributed by atoms with Crippen molar-refractivity contribution in [3.8, 4) is 0 Å². The molecule has 0 radical (unpaired) electrons. The first-order valence-electron chi connectivity index (χ1n) is 5.44. The number of rotatable bonds is 3. The van der Waals surface area contributed by atoms with E-state index in [4.69, 9.17) is 9.47 Å². The van der Waals surface area contributed by atoms with Crippen molar-refractivity contribution in [2.75, 3.05) is 14.2 Å². The lowest BCUT2D eigenvalue weighted by Crippen LogP contribution is -2.32. The lowest BCUT2D eigenvalue weighted by molar-refractivity contribution is -0.167. The van der Waals surface area contributed by atoms with Gasteiger partial charge in [0.25, 0.3) is 0 Å². The molecule has 0 N–H and O–H groups in total. The highest BCUT2D eigenvalue weighted by Crippen LogP contribution is 2.37. The van der Waals surface area contributed by atoms with Gasteiger partial charge < -0.3 is 9.47 Å². The standard InChI is InChI=1S/C14H15BrO2/c1-16-14(17-2)9-8-12(13(15)10-14)11-6-4-3-5-7-11/h3-9H,10H2,1-2H3. The third-order valence-corrected chi connectivity index (χ3v) is 3.68. The molecule has 0 aliphatic heterocycles. The van der Waals surface area contributed by atoms with Crippen LogP contribution in [0, 0.1) is 0 Å². The van der Waals surface area contributed by atoms with Crippen molar-refractivity contribution < 1.29 is 9.47 Å². The maximum absolute atomic E-state index is 5.41. The van der Waals surface area contributed by atoms with E-state index in [2.05, 4.69) is 28.1 Å². The van der Waals surface area contributed by atoms with E-state index in [1.54, 1.807) is 14.2 Å². The third-order valence-electron chi connectivity index (χ3n) is 2.97. The van der Waals surface area contributed by atoms with Gasteiger partial charge in [0.05, 0.1) is 0 Å².